The van der Waals surface area contributed by atoms with Crippen LogP contribution in [0.5, 0.6) is 5.75 Å². The highest BCUT2D eigenvalue weighted by atomic mass is 32.2. The van der Waals surface area contributed by atoms with Crippen molar-refractivity contribution in [2.75, 3.05) is 23.4 Å². The fraction of sp³-hybridized carbons (Fsp3) is 0.118. The maximum absolute atomic E-state index is 12.8. The minimum Gasteiger partial charge on any atom is -0.497 e. The van der Waals surface area contributed by atoms with Crippen molar-refractivity contribution in [1.29, 1.82) is 0 Å². The molecule has 9 nitrogen and oxygen atoms in total. The number of nitrogens with zero attached hydrogens (tertiary/aromatic N) is 2. The molecule has 10 heteroatoms. The van der Waals surface area contributed by atoms with E-state index in [-0.39, 0.29) is 17.1 Å². The van der Waals surface area contributed by atoms with Crippen LogP contribution in [0.1, 0.15) is 10.4 Å². The van der Waals surface area contributed by atoms with E-state index in [1.807, 2.05) is 0 Å². The second-order valence-corrected chi connectivity index (χ2v) is 7.26. The summed E-state index contributed by atoms with van der Waals surface area (Å²) in [7, 11) is -2.15. The molecule has 2 N–H and O–H groups in total. The third kappa shape index (κ3) is 4.42. The Hall–Kier alpha value is -3.40. The highest BCUT2D eigenvalue weighted by Crippen LogP contribution is 2.29. The van der Waals surface area contributed by atoms with Crippen molar-refractivity contribution in [3.8, 4) is 17.1 Å². The predicted octanol–water partition coefficient (Wildman–Crippen LogP) is 2.37. The first-order chi connectivity index (χ1) is 12.9. The zero-order chi connectivity index (χ0) is 19.4. The summed E-state index contributed by atoms with van der Waals surface area (Å²) >= 11 is 0. The summed E-state index contributed by atoms with van der Waals surface area (Å²) in [5, 5.41) is 6.49. The van der Waals surface area contributed by atoms with Gasteiger partial charge in [-0.15, -0.1) is 0 Å². The molecule has 140 valence electrons. The summed E-state index contributed by atoms with van der Waals surface area (Å²) in [6.07, 6.45) is 2.47. The molecule has 0 unspecified atom stereocenters. The smallest absolute Gasteiger partial charge is 0.263 e. The van der Waals surface area contributed by atoms with Gasteiger partial charge in [-0.25, -0.2) is 8.42 Å². The Morgan fingerprint density at radius 2 is 1.89 bits per heavy atom. The fourth-order valence-electron chi connectivity index (χ4n) is 2.28. The van der Waals surface area contributed by atoms with Crippen molar-refractivity contribution >= 4 is 27.5 Å². The highest BCUT2D eigenvalue weighted by molar-refractivity contribution is 7.92. The minimum absolute atomic E-state index is 0.0741. The van der Waals surface area contributed by atoms with Crippen molar-refractivity contribution in [2.24, 2.45) is 0 Å². The monoisotopic (exact) mass is 388 g/mol. The average Bonchev–Trinajstić information content (AvgIpc) is 3.05. The van der Waals surface area contributed by atoms with Gasteiger partial charge in [0.1, 0.15) is 17.0 Å². The normalized spacial score (nSPS) is 11.0. The van der Waals surface area contributed by atoms with Crippen molar-refractivity contribution in [1.82, 2.24) is 10.1 Å². The lowest BCUT2D eigenvalue weighted by Crippen LogP contribution is -2.17. The van der Waals surface area contributed by atoms with Crippen LogP contribution < -0.4 is 14.8 Å². The molecule has 0 radical (unpaired) electrons. The van der Waals surface area contributed by atoms with E-state index in [2.05, 4.69) is 20.2 Å². The van der Waals surface area contributed by atoms with E-state index in [0.29, 0.717) is 17.1 Å². The number of anilines is 2. The van der Waals surface area contributed by atoms with E-state index >= 15 is 0 Å². The van der Waals surface area contributed by atoms with Crippen molar-refractivity contribution in [3.05, 3.63) is 54.2 Å². The quantitative estimate of drug-likeness (QED) is 0.664. The molecule has 3 aromatic rings. The Kier molecular flexibility index (Phi) is 5.08. The number of benzene rings is 1. The number of carbonyl (C=O) groups is 1. The number of sulfonamides is 1. The fourth-order valence-corrected chi connectivity index (χ4v) is 2.76. The number of aromatic nitrogens is 2. The number of amides is 1. The first-order valence-corrected chi connectivity index (χ1v) is 9.61. The molecule has 0 atom stereocenters. The van der Waals surface area contributed by atoms with Crippen LogP contribution >= 0.6 is 0 Å². The SMILES string of the molecule is COc1ccc(NC(=O)c2c(-c3ccccn3)noc2NS(C)(=O)=O)cc1. The maximum atomic E-state index is 12.8. The Bertz CT molecular complexity index is 1050. The first-order valence-electron chi connectivity index (χ1n) is 7.71. The molecule has 0 aliphatic carbocycles. The molecule has 1 amide bonds. The second-order valence-electron chi connectivity index (χ2n) is 5.51. The van der Waals surface area contributed by atoms with Gasteiger partial charge in [0.2, 0.25) is 10.0 Å². The lowest BCUT2D eigenvalue weighted by atomic mass is 10.1. The van der Waals surface area contributed by atoms with E-state index in [1.54, 1.807) is 42.5 Å². The van der Waals surface area contributed by atoms with Gasteiger partial charge in [-0.1, -0.05) is 11.2 Å². The molecule has 0 bridgehead atoms. The Labute approximate surface area is 155 Å². The average molecular weight is 388 g/mol. The number of rotatable bonds is 6. The lowest BCUT2D eigenvalue weighted by Gasteiger charge is -2.08. The molecule has 0 aliphatic heterocycles. The molecular formula is C17H16N4O5S. The van der Waals surface area contributed by atoms with Crippen molar-refractivity contribution in [2.45, 2.75) is 0 Å². The predicted molar refractivity (Wildman–Crippen MR) is 99.1 cm³/mol. The zero-order valence-corrected chi connectivity index (χ0v) is 15.3. The number of ether oxygens (including phenoxy) is 1. The van der Waals surface area contributed by atoms with E-state index in [9.17, 15) is 13.2 Å². The number of pyridine rings is 1. The number of hydrogen-bond acceptors (Lipinski definition) is 7. The Morgan fingerprint density at radius 1 is 1.15 bits per heavy atom. The van der Waals surface area contributed by atoms with Gasteiger partial charge in [0.05, 0.1) is 19.1 Å². The molecule has 3 rings (SSSR count). The van der Waals surface area contributed by atoms with Crippen LogP contribution in [0.2, 0.25) is 0 Å². The summed E-state index contributed by atoms with van der Waals surface area (Å²) in [5.41, 5.74) is 0.893. The summed E-state index contributed by atoms with van der Waals surface area (Å²) in [6.45, 7) is 0. The van der Waals surface area contributed by atoms with Crippen LogP contribution in [0.4, 0.5) is 11.6 Å². The molecule has 0 aliphatic rings. The molecule has 0 saturated carbocycles. The van der Waals surface area contributed by atoms with E-state index in [1.165, 1.54) is 13.3 Å². The van der Waals surface area contributed by atoms with Gasteiger partial charge in [-0.3, -0.25) is 14.5 Å². The standard InChI is InChI=1S/C17H16N4O5S/c1-25-12-8-6-11(7-9-12)19-16(22)14-15(13-5-3-4-10-18-13)20-26-17(14)21-27(2,23)24/h3-10,21H,1-2H3,(H,19,22). The van der Waals surface area contributed by atoms with Crippen LogP contribution in [-0.2, 0) is 10.0 Å². The van der Waals surface area contributed by atoms with Crippen LogP contribution in [0.15, 0.2) is 53.2 Å². The van der Waals surface area contributed by atoms with E-state index in [0.717, 1.165) is 6.26 Å². The number of carbonyl (C=O) groups excluding carboxylic acids is 1. The molecule has 27 heavy (non-hydrogen) atoms. The van der Waals surface area contributed by atoms with Gasteiger partial charge in [0, 0.05) is 11.9 Å². The highest BCUT2D eigenvalue weighted by Gasteiger charge is 2.26. The number of hydrogen-bond donors (Lipinski definition) is 2. The molecule has 1 aromatic carbocycles. The summed E-state index contributed by atoms with van der Waals surface area (Å²) < 4.78 is 35.5. The Morgan fingerprint density at radius 3 is 2.48 bits per heavy atom. The topological polar surface area (TPSA) is 123 Å². The Balaban J connectivity index is 1.99. The van der Waals surface area contributed by atoms with Crippen LogP contribution in [0.3, 0.4) is 0 Å². The molecular weight excluding hydrogens is 372 g/mol. The summed E-state index contributed by atoms with van der Waals surface area (Å²) in [4.78, 5) is 17.0. The van der Waals surface area contributed by atoms with E-state index in [4.69, 9.17) is 9.26 Å². The minimum atomic E-state index is -3.68. The van der Waals surface area contributed by atoms with Crippen LogP contribution in [0, 0.1) is 0 Å². The third-order valence-electron chi connectivity index (χ3n) is 3.45. The van der Waals surface area contributed by atoms with Gasteiger partial charge in [0.25, 0.3) is 11.8 Å². The molecule has 2 aromatic heterocycles. The van der Waals surface area contributed by atoms with Crippen molar-refractivity contribution in [3.63, 3.8) is 0 Å². The van der Waals surface area contributed by atoms with E-state index < -0.39 is 15.9 Å². The van der Waals surface area contributed by atoms with Crippen LogP contribution in [0.25, 0.3) is 11.4 Å². The number of nitrogens with one attached hydrogen (secondary N) is 2. The van der Waals surface area contributed by atoms with Crippen LogP contribution in [-0.4, -0.2) is 37.8 Å². The molecule has 0 fully saturated rings. The third-order valence-corrected chi connectivity index (χ3v) is 4.01. The summed E-state index contributed by atoms with van der Waals surface area (Å²) in [5.74, 6) is -0.260. The maximum Gasteiger partial charge on any atom is 0.263 e. The molecule has 0 saturated heterocycles. The van der Waals surface area contributed by atoms with Gasteiger partial charge in [-0.05, 0) is 36.4 Å². The van der Waals surface area contributed by atoms with Crippen molar-refractivity contribution < 1.29 is 22.5 Å². The lowest BCUT2D eigenvalue weighted by molar-refractivity contribution is 0.102. The number of methoxy groups -OCH3 is 1. The second kappa shape index (κ2) is 7.46. The zero-order valence-electron chi connectivity index (χ0n) is 14.5. The molecule has 2 heterocycles. The van der Waals surface area contributed by atoms with Gasteiger partial charge in [0.15, 0.2) is 0 Å². The molecule has 0 spiro atoms. The van der Waals surface area contributed by atoms with Gasteiger partial charge in [-0.2, -0.15) is 0 Å². The summed E-state index contributed by atoms with van der Waals surface area (Å²) in [6, 6.07) is 11.7. The largest absolute Gasteiger partial charge is 0.497 e. The van der Waals surface area contributed by atoms with Gasteiger partial charge >= 0.3 is 0 Å². The van der Waals surface area contributed by atoms with Gasteiger partial charge < -0.3 is 14.6 Å². The first kappa shape index (κ1) is 18.4.